The maximum Gasteiger partial charge on any atom is 0.211 e. The van der Waals surface area contributed by atoms with Crippen molar-refractivity contribution in [3.05, 3.63) is 35.9 Å². The Bertz CT molecular complexity index is 486. The molecule has 0 spiro atoms. The quantitative estimate of drug-likeness (QED) is 0.832. The molecule has 0 aromatic heterocycles. The average Bonchev–Trinajstić information content (AvgIpc) is 2.77. The van der Waals surface area contributed by atoms with E-state index in [-0.39, 0.29) is 11.9 Å². The van der Waals surface area contributed by atoms with Gasteiger partial charge in [0.1, 0.15) is 11.9 Å². The second kappa shape index (κ2) is 4.40. The maximum absolute atomic E-state index is 12.1. The highest BCUT2D eigenvalue weighted by atomic mass is 17.2. The van der Waals surface area contributed by atoms with Crippen molar-refractivity contribution in [2.45, 2.75) is 44.5 Å². The molecule has 3 unspecified atom stereocenters. The molecule has 1 saturated carbocycles. The molecule has 1 aliphatic carbocycles. The van der Waals surface area contributed by atoms with Crippen molar-refractivity contribution in [2.24, 2.45) is 5.41 Å². The molecular weight excluding hydrogens is 244 g/mol. The van der Waals surface area contributed by atoms with Crippen LogP contribution in [0.25, 0.3) is 0 Å². The summed E-state index contributed by atoms with van der Waals surface area (Å²) in [4.78, 5) is 22.7. The Morgan fingerprint density at radius 1 is 1.32 bits per heavy atom. The lowest BCUT2D eigenvalue weighted by atomic mass is 9.72. The Hall–Kier alpha value is -1.23. The van der Waals surface area contributed by atoms with Gasteiger partial charge in [-0.05, 0) is 31.7 Å². The van der Waals surface area contributed by atoms with Crippen LogP contribution < -0.4 is 0 Å². The van der Waals surface area contributed by atoms with Crippen LogP contribution in [0.5, 0.6) is 0 Å². The Morgan fingerprint density at radius 2 is 2.05 bits per heavy atom. The van der Waals surface area contributed by atoms with E-state index in [9.17, 15) is 9.90 Å². The van der Waals surface area contributed by atoms with Crippen LogP contribution in [0, 0.1) is 5.41 Å². The second-order valence-electron chi connectivity index (χ2n) is 5.56. The van der Waals surface area contributed by atoms with E-state index in [1.807, 2.05) is 30.3 Å². The first-order chi connectivity index (χ1) is 9.07. The van der Waals surface area contributed by atoms with Crippen molar-refractivity contribution in [1.82, 2.24) is 0 Å². The van der Waals surface area contributed by atoms with Crippen molar-refractivity contribution < 1.29 is 19.7 Å². The zero-order valence-corrected chi connectivity index (χ0v) is 11.0. The lowest BCUT2D eigenvalue weighted by Crippen LogP contribution is -2.54. The predicted octanol–water partition coefficient (Wildman–Crippen LogP) is 2.53. The minimum absolute atomic E-state index is 0.0169. The SMILES string of the molecule is CC(=O)C12CCCC1(O)OOC(c1ccccc1)C2. The van der Waals surface area contributed by atoms with Gasteiger partial charge in [0.25, 0.3) is 0 Å². The third kappa shape index (κ3) is 1.83. The van der Waals surface area contributed by atoms with Crippen LogP contribution in [0.2, 0.25) is 0 Å². The van der Waals surface area contributed by atoms with Gasteiger partial charge in [0.05, 0.1) is 5.41 Å². The monoisotopic (exact) mass is 262 g/mol. The summed E-state index contributed by atoms with van der Waals surface area (Å²) in [6.07, 6.45) is 2.06. The van der Waals surface area contributed by atoms with Gasteiger partial charge in [-0.3, -0.25) is 4.79 Å². The summed E-state index contributed by atoms with van der Waals surface area (Å²) in [5.74, 6) is -1.47. The highest BCUT2D eigenvalue weighted by Crippen LogP contribution is 2.56. The Labute approximate surface area is 112 Å². The van der Waals surface area contributed by atoms with Crippen LogP contribution in [0.15, 0.2) is 30.3 Å². The number of Topliss-reactive ketones (excluding diaryl/α,β-unsaturated/α-hetero) is 1. The topological polar surface area (TPSA) is 55.8 Å². The zero-order valence-electron chi connectivity index (χ0n) is 11.0. The number of hydrogen-bond acceptors (Lipinski definition) is 4. The van der Waals surface area contributed by atoms with Gasteiger partial charge in [-0.2, -0.15) is 4.89 Å². The number of hydrogen-bond donors (Lipinski definition) is 1. The first-order valence-corrected chi connectivity index (χ1v) is 6.70. The predicted molar refractivity (Wildman–Crippen MR) is 67.9 cm³/mol. The highest BCUT2D eigenvalue weighted by molar-refractivity contribution is 5.84. The van der Waals surface area contributed by atoms with Crippen molar-refractivity contribution >= 4 is 5.78 Å². The fraction of sp³-hybridized carbons (Fsp3) is 0.533. The molecule has 102 valence electrons. The first-order valence-electron chi connectivity index (χ1n) is 6.70. The Kier molecular flexibility index (Phi) is 2.96. The smallest absolute Gasteiger partial charge is 0.211 e. The molecule has 4 nitrogen and oxygen atoms in total. The van der Waals surface area contributed by atoms with Gasteiger partial charge in [-0.1, -0.05) is 30.3 Å². The third-order valence-electron chi connectivity index (χ3n) is 4.55. The molecule has 1 aromatic carbocycles. The van der Waals surface area contributed by atoms with Crippen molar-refractivity contribution in [3.8, 4) is 0 Å². The lowest BCUT2D eigenvalue weighted by Gasteiger charge is -2.45. The molecule has 3 rings (SSSR count). The summed E-state index contributed by atoms with van der Waals surface area (Å²) in [6, 6.07) is 9.67. The standard InChI is InChI=1S/C15H18O4/c1-11(16)14-8-5-9-15(14,17)19-18-13(10-14)12-6-3-2-4-7-12/h2-4,6-7,13,17H,5,8-10H2,1H3. The van der Waals surface area contributed by atoms with Gasteiger partial charge < -0.3 is 5.11 Å². The van der Waals surface area contributed by atoms with Gasteiger partial charge in [0.2, 0.25) is 5.79 Å². The number of aliphatic hydroxyl groups is 1. The molecule has 0 radical (unpaired) electrons. The minimum atomic E-state index is -1.45. The van der Waals surface area contributed by atoms with E-state index >= 15 is 0 Å². The summed E-state index contributed by atoms with van der Waals surface area (Å²) in [6.45, 7) is 1.53. The molecule has 2 aliphatic rings. The largest absolute Gasteiger partial charge is 0.362 e. The van der Waals surface area contributed by atoms with E-state index in [0.717, 1.165) is 12.0 Å². The van der Waals surface area contributed by atoms with Gasteiger partial charge in [-0.15, -0.1) is 0 Å². The number of ketones is 1. The second-order valence-corrected chi connectivity index (χ2v) is 5.56. The minimum Gasteiger partial charge on any atom is -0.362 e. The summed E-state index contributed by atoms with van der Waals surface area (Å²) in [7, 11) is 0. The van der Waals surface area contributed by atoms with E-state index in [1.165, 1.54) is 6.92 Å². The van der Waals surface area contributed by atoms with Crippen LogP contribution >= 0.6 is 0 Å². The normalized spacial score (nSPS) is 37.9. The molecule has 3 atom stereocenters. The molecular formula is C15H18O4. The van der Waals surface area contributed by atoms with E-state index in [1.54, 1.807) is 0 Å². The van der Waals surface area contributed by atoms with Gasteiger partial charge in [0, 0.05) is 6.42 Å². The van der Waals surface area contributed by atoms with Crippen molar-refractivity contribution in [1.29, 1.82) is 0 Å². The van der Waals surface area contributed by atoms with Gasteiger partial charge >= 0.3 is 0 Å². The maximum atomic E-state index is 12.1. The van der Waals surface area contributed by atoms with Crippen LogP contribution in [-0.2, 0) is 14.6 Å². The summed E-state index contributed by atoms with van der Waals surface area (Å²) >= 11 is 0. The average molecular weight is 262 g/mol. The van der Waals surface area contributed by atoms with Gasteiger partial charge in [-0.25, -0.2) is 4.89 Å². The fourth-order valence-corrected chi connectivity index (χ4v) is 3.37. The Balaban J connectivity index is 1.93. The molecule has 2 fully saturated rings. The fourth-order valence-electron chi connectivity index (χ4n) is 3.37. The molecule has 1 aliphatic heterocycles. The molecule has 0 amide bonds. The van der Waals surface area contributed by atoms with Crippen molar-refractivity contribution in [3.63, 3.8) is 0 Å². The number of benzene rings is 1. The zero-order chi connectivity index (χ0) is 13.5. The lowest BCUT2D eigenvalue weighted by molar-refractivity contribution is -0.484. The van der Waals surface area contributed by atoms with E-state index < -0.39 is 11.2 Å². The van der Waals surface area contributed by atoms with Crippen LogP contribution in [0.4, 0.5) is 0 Å². The molecule has 1 aromatic rings. The molecule has 1 N–H and O–H groups in total. The van der Waals surface area contributed by atoms with E-state index in [2.05, 4.69) is 0 Å². The number of carbonyl (C=O) groups is 1. The van der Waals surface area contributed by atoms with Crippen LogP contribution in [-0.4, -0.2) is 16.7 Å². The Morgan fingerprint density at radius 3 is 2.74 bits per heavy atom. The third-order valence-corrected chi connectivity index (χ3v) is 4.55. The van der Waals surface area contributed by atoms with Crippen LogP contribution in [0.1, 0.15) is 44.3 Å². The molecule has 0 bridgehead atoms. The van der Waals surface area contributed by atoms with Crippen molar-refractivity contribution in [2.75, 3.05) is 0 Å². The molecule has 19 heavy (non-hydrogen) atoms. The summed E-state index contributed by atoms with van der Waals surface area (Å²) < 4.78 is 0. The van der Waals surface area contributed by atoms with Gasteiger partial charge in [0.15, 0.2) is 0 Å². The van der Waals surface area contributed by atoms with E-state index in [4.69, 9.17) is 9.78 Å². The highest BCUT2D eigenvalue weighted by Gasteiger charge is 2.62. The summed E-state index contributed by atoms with van der Waals surface area (Å²) in [5.41, 5.74) is 0.142. The molecule has 4 heteroatoms. The number of rotatable bonds is 2. The summed E-state index contributed by atoms with van der Waals surface area (Å²) in [5, 5.41) is 10.5. The number of fused-ring (bicyclic) bond motifs is 1. The van der Waals surface area contributed by atoms with E-state index in [0.29, 0.717) is 19.3 Å². The molecule has 1 saturated heterocycles. The number of carbonyl (C=O) groups excluding carboxylic acids is 1. The first kappa shape index (κ1) is 12.8. The molecule has 1 heterocycles. The van der Waals surface area contributed by atoms with Crippen LogP contribution in [0.3, 0.4) is 0 Å².